The molecule has 2 N–H and O–H groups in total. The van der Waals surface area contributed by atoms with Crippen LogP contribution in [0.25, 0.3) is 0 Å². The highest BCUT2D eigenvalue weighted by Gasteiger charge is 2.16. The van der Waals surface area contributed by atoms with Gasteiger partial charge in [0.15, 0.2) is 0 Å². The molecule has 0 aromatic heterocycles. The minimum atomic E-state index is 0.805. The Morgan fingerprint density at radius 3 is 2.22 bits per heavy atom. The summed E-state index contributed by atoms with van der Waals surface area (Å²) < 4.78 is 1.15. The van der Waals surface area contributed by atoms with Gasteiger partial charge in [-0.2, -0.15) is 0 Å². The molecule has 1 heterocycles. The van der Waals surface area contributed by atoms with Gasteiger partial charge in [0.1, 0.15) is 0 Å². The molecule has 0 amide bonds. The first-order chi connectivity index (χ1) is 8.78. The number of rotatable bonds is 5. The molecule has 1 fully saturated rings. The number of hydrogen-bond donors (Lipinski definition) is 1. The second-order valence-corrected chi connectivity index (χ2v) is 5.80. The predicted molar refractivity (Wildman–Crippen MR) is 79.5 cm³/mol. The van der Waals surface area contributed by atoms with Gasteiger partial charge >= 0.3 is 0 Å². The summed E-state index contributed by atoms with van der Waals surface area (Å²) in [7, 11) is 0. The van der Waals surface area contributed by atoms with Gasteiger partial charge in [-0.05, 0) is 37.2 Å². The van der Waals surface area contributed by atoms with E-state index in [9.17, 15) is 0 Å². The highest BCUT2D eigenvalue weighted by atomic mass is 79.9. The smallest absolute Gasteiger partial charge is 0.0234 e. The van der Waals surface area contributed by atoms with Crippen LogP contribution >= 0.6 is 15.9 Å². The van der Waals surface area contributed by atoms with E-state index in [4.69, 9.17) is 5.73 Å². The first-order valence-electron chi connectivity index (χ1n) is 6.67. The molecule has 3 nitrogen and oxygen atoms in total. The Kier molecular flexibility index (Phi) is 5.63. The van der Waals surface area contributed by atoms with Gasteiger partial charge in [0.25, 0.3) is 0 Å². The molecule has 1 aromatic rings. The highest BCUT2D eigenvalue weighted by molar-refractivity contribution is 9.10. The third-order valence-corrected chi connectivity index (χ3v) is 3.99. The lowest BCUT2D eigenvalue weighted by Gasteiger charge is -2.34. The van der Waals surface area contributed by atoms with Crippen molar-refractivity contribution in [3.63, 3.8) is 0 Å². The van der Waals surface area contributed by atoms with E-state index in [1.54, 1.807) is 0 Å². The van der Waals surface area contributed by atoms with Crippen molar-refractivity contribution in [2.24, 2.45) is 5.73 Å². The molecule has 100 valence electrons. The van der Waals surface area contributed by atoms with E-state index >= 15 is 0 Å². The first kappa shape index (κ1) is 14.0. The van der Waals surface area contributed by atoms with Gasteiger partial charge < -0.3 is 10.6 Å². The van der Waals surface area contributed by atoms with Crippen molar-refractivity contribution < 1.29 is 0 Å². The number of nitrogens with two attached hydrogens (primary N) is 1. The minimum Gasteiger partial charge on any atom is -0.330 e. The number of halogens is 1. The molecule has 0 radical (unpaired) electrons. The zero-order valence-corrected chi connectivity index (χ0v) is 12.4. The van der Waals surface area contributed by atoms with Crippen molar-refractivity contribution >= 4 is 15.9 Å². The maximum absolute atomic E-state index is 5.55. The standard InChI is InChI=1S/C14H22BrN3/c15-14-4-2-13(3-5-14)12-18-10-8-17(9-11-18)7-1-6-16/h2-5H,1,6-12,16H2. The van der Waals surface area contributed by atoms with Crippen LogP contribution in [-0.2, 0) is 6.54 Å². The van der Waals surface area contributed by atoms with Gasteiger partial charge in [-0.25, -0.2) is 0 Å². The minimum absolute atomic E-state index is 0.805. The van der Waals surface area contributed by atoms with Gasteiger partial charge in [-0.3, -0.25) is 4.90 Å². The normalized spacial score (nSPS) is 18.1. The van der Waals surface area contributed by atoms with E-state index in [1.807, 2.05) is 0 Å². The van der Waals surface area contributed by atoms with Crippen LogP contribution in [0.15, 0.2) is 28.7 Å². The molecule has 0 unspecified atom stereocenters. The first-order valence-corrected chi connectivity index (χ1v) is 7.46. The quantitative estimate of drug-likeness (QED) is 0.901. The third kappa shape index (κ3) is 4.35. The van der Waals surface area contributed by atoms with Crippen LogP contribution in [0.5, 0.6) is 0 Å². The Morgan fingerprint density at radius 2 is 1.61 bits per heavy atom. The molecule has 18 heavy (non-hydrogen) atoms. The summed E-state index contributed by atoms with van der Waals surface area (Å²) in [5, 5.41) is 0. The van der Waals surface area contributed by atoms with Crippen LogP contribution in [-0.4, -0.2) is 49.1 Å². The Labute approximate surface area is 118 Å². The van der Waals surface area contributed by atoms with E-state index in [1.165, 1.54) is 31.7 Å². The van der Waals surface area contributed by atoms with Crippen molar-refractivity contribution in [1.29, 1.82) is 0 Å². The Balaban J connectivity index is 1.74. The summed E-state index contributed by atoms with van der Waals surface area (Å²) in [6.07, 6.45) is 1.12. The summed E-state index contributed by atoms with van der Waals surface area (Å²) in [4.78, 5) is 5.05. The lowest BCUT2D eigenvalue weighted by atomic mass is 10.2. The molecule has 0 bridgehead atoms. The Bertz CT molecular complexity index is 345. The molecule has 0 saturated carbocycles. The summed E-state index contributed by atoms with van der Waals surface area (Å²) >= 11 is 3.47. The zero-order valence-electron chi connectivity index (χ0n) is 10.8. The van der Waals surface area contributed by atoms with E-state index in [0.717, 1.165) is 30.5 Å². The van der Waals surface area contributed by atoms with E-state index < -0.39 is 0 Å². The maximum atomic E-state index is 5.55. The van der Waals surface area contributed by atoms with E-state index in [2.05, 4.69) is 50.0 Å². The monoisotopic (exact) mass is 311 g/mol. The van der Waals surface area contributed by atoms with Gasteiger partial charge in [-0.1, -0.05) is 28.1 Å². The van der Waals surface area contributed by atoms with Crippen LogP contribution in [0.4, 0.5) is 0 Å². The molecule has 1 aliphatic rings. The van der Waals surface area contributed by atoms with Crippen LogP contribution in [0.2, 0.25) is 0 Å². The lowest BCUT2D eigenvalue weighted by Crippen LogP contribution is -2.46. The number of hydrogen-bond acceptors (Lipinski definition) is 3. The molecule has 1 aromatic carbocycles. The fraction of sp³-hybridized carbons (Fsp3) is 0.571. The van der Waals surface area contributed by atoms with E-state index in [-0.39, 0.29) is 0 Å². The molecular weight excluding hydrogens is 290 g/mol. The molecule has 2 rings (SSSR count). The van der Waals surface area contributed by atoms with Crippen LogP contribution in [0, 0.1) is 0 Å². The summed E-state index contributed by atoms with van der Waals surface area (Å²) in [6, 6.07) is 8.63. The summed E-state index contributed by atoms with van der Waals surface area (Å²) in [5.74, 6) is 0. The lowest BCUT2D eigenvalue weighted by molar-refractivity contribution is 0.127. The third-order valence-electron chi connectivity index (χ3n) is 3.46. The van der Waals surface area contributed by atoms with Gasteiger partial charge in [0.2, 0.25) is 0 Å². The Morgan fingerprint density at radius 1 is 1.00 bits per heavy atom. The number of benzene rings is 1. The summed E-state index contributed by atoms with van der Waals surface area (Å²) in [5.41, 5.74) is 6.94. The van der Waals surface area contributed by atoms with Gasteiger partial charge in [-0.15, -0.1) is 0 Å². The number of piperazine rings is 1. The second-order valence-electron chi connectivity index (χ2n) is 4.89. The van der Waals surface area contributed by atoms with Crippen molar-refractivity contribution in [2.45, 2.75) is 13.0 Å². The SMILES string of the molecule is NCCCN1CCN(Cc2ccc(Br)cc2)CC1. The molecule has 0 aliphatic carbocycles. The van der Waals surface area contributed by atoms with Crippen LogP contribution in [0.1, 0.15) is 12.0 Å². The van der Waals surface area contributed by atoms with Crippen molar-refractivity contribution in [2.75, 3.05) is 39.3 Å². The van der Waals surface area contributed by atoms with Crippen LogP contribution in [0.3, 0.4) is 0 Å². The fourth-order valence-corrected chi connectivity index (χ4v) is 2.60. The second kappa shape index (κ2) is 7.24. The van der Waals surface area contributed by atoms with Crippen molar-refractivity contribution in [3.05, 3.63) is 34.3 Å². The zero-order chi connectivity index (χ0) is 12.8. The molecular formula is C14H22BrN3. The highest BCUT2D eigenvalue weighted by Crippen LogP contribution is 2.13. The average Bonchev–Trinajstić information content (AvgIpc) is 2.41. The fourth-order valence-electron chi connectivity index (χ4n) is 2.33. The summed E-state index contributed by atoms with van der Waals surface area (Å²) in [6.45, 7) is 7.72. The molecule has 0 atom stereocenters. The molecule has 4 heteroatoms. The molecule has 1 aliphatic heterocycles. The number of nitrogens with zero attached hydrogens (tertiary/aromatic N) is 2. The predicted octanol–water partition coefficient (Wildman–Crippen LogP) is 1.92. The van der Waals surface area contributed by atoms with Crippen molar-refractivity contribution in [1.82, 2.24) is 9.80 Å². The van der Waals surface area contributed by atoms with E-state index in [0.29, 0.717) is 0 Å². The van der Waals surface area contributed by atoms with Gasteiger partial charge in [0, 0.05) is 37.2 Å². The van der Waals surface area contributed by atoms with Crippen LogP contribution < -0.4 is 5.73 Å². The maximum Gasteiger partial charge on any atom is 0.0234 e. The molecule has 1 saturated heterocycles. The molecule has 0 spiro atoms. The van der Waals surface area contributed by atoms with Gasteiger partial charge in [0.05, 0.1) is 0 Å². The largest absolute Gasteiger partial charge is 0.330 e. The topological polar surface area (TPSA) is 32.5 Å². The van der Waals surface area contributed by atoms with Crippen molar-refractivity contribution in [3.8, 4) is 0 Å². The average molecular weight is 312 g/mol. The Hall–Kier alpha value is -0.420.